The highest BCUT2D eigenvalue weighted by molar-refractivity contribution is 9.10. The Morgan fingerprint density at radius 1 is 1.25 bits per heavy atom. The number of pyridine rings is 2. The number of rotatable bonds is 4. The van der Waals surface area contributed by atoms with Gasteiger partial charge in [-0.25, -0.2) is 0 Å². The van der Waals surface area contributed by atoms with E-state index in [0.717, 1.165) is 27.4 Å². The molecule has 0 unspecified atom stereocenters. The van der Waals surface area contributed by atoms with Crippen LogP contribution < -0.4 is 4.90 Å². The van der Waals surface area contributed by atoms with Gasteiger partial charge in [0, 0.05) is 34.8 Å². The van der Waals surface area contributed by atoms with Crippen LogP contribution in [0.5, 0.6) is 0 Å². The summed E-state index contributed by atoms with van der Waals surface area (Å²) in [6.07, 6.45) is 8.99. The second kappa shape index (κ2) is 6.39. The van der Waals surface area contributed by atoms with Crippen LogP contribution >= 0.6 is 31.9 Å². The van der Waals surface area contributed by atoms with Gasteiger partial charge in [-0.3, -0.25) is 9.97 Å². The first-order valence-electron chi connectivity index (χ1n) is 7.02. The van der Waals surface area contributed by atoms with E-state index in [1.54, 1.807) is 0 Å². The normalized spacial score (nSPS) is 15.9. The predicted molar refractivity (Wildman–Crippen MR) is 90.6 cm³/mol. The first-order chi connectivity index (χ1) is 9.79. The fourth-order valence-corrected chi connectivity index (χ4v) is 3.73. The summed E-state index contributed by atoms with van der Waals surface area (Å²) in [5.41, 5.74) is 3.17. The Hall–Kier alpha value is -0.680. The first kappa shape index (κ1) is 14.3. The molecule has 106 valence electrons. The molecule has 0 bridgehead atoms. The zero-order valence-corrected chi connectivity index (χ0v) is 14.4. The predicted octanol–water partition coefficient (Wildman–Crippen LogP) is 4.54. The number of fused-ring (bicyclic) bond motifs is 1. The molecule has 0 aromatic carbocycles. The van der Waals surface area contributed by atoms with Crippen LogP contribution in [0, 0.1) is 0 Å². The second-order valence-electron chi connectivity index (χ2n) is 5.17. The Kier molecular flexibility index (Phi) is 4.56. The van der Waals surface area contributed by atoms with Crippen molar-refractivity contribution in [2.24, 2.45) is 0 Å². The van der Waals surface area contributed by atoms with E-state index >= 15 is 0 Å². The summed E-state index contributed by atoms with van der Waals surface area (Å²) >= 11 is 7.05. The lowest BCUT2D eigenvalue weighted by Gasteiger charge is -2.31. The number of hydrogen-bond donors (Lipinski definition) is 0. The third-order valence-electron chi connectivity index (χ3n) is 3.92. The number of alkyl halides is 1. The Morgan fingerprint density at radius 2 is 2.05 bits per heavy atom. The lowest BCUT2D eigenvalue weighted by molar-refractivity contribution is 0.624. The van der Waals surface area contributed by atoms with E-state index < -0.39 is 0 Å². The fraction of sp³-hybridized carbons (Fsp3) is 0.467. The van der Waals surface area contributed by atoms with Crippen LogP contribution in [0.3, 0.4) is 0 Å². The molecule has 1 aliphatic rings. The van der Waals surface area contributed by atoms with Crippen LogP contribution in [-0.2, 0) is 0 Å². The van der Waals surface area contributed by atoms with Crippen molar-refractivity contribution < 1.29 is 0 Å². The van der Waals surface area contributed by atoms with Crippen LogP contribution in [0.25, 0.3) is 11.0 Å². The minimum absolute atomic E-state index is 0.642. The maximum Gasteiger partial charge on any atom is 0.112 e. The smallest absolute Gasteiger partial charge is 0.112 e. The van der Waals surface area contributed by atoms with E-state index in [4.69, 9.17) is 0 Å². The van der Waals surface area contributed by atoms with Gasteiger partial charge in [0.05, 0.1) is 11.2 Å². The van der Waals surface area contributed by atoms with Gasteiger partial charge in [0.2, 0.25) is 0 Å². The van der Waals surface area contributed by atoms with Gasteiger partial charge in [0.1, 0.15) is 5.52 Å². The standard InChI is InChI=1S/C15H17Br2N3/c16-6-8-20(12-3-1-2-4-12)14-5-7-18-13-9-11(17)10-19-15(13)14/h5,7,9-10,12H,1-4,6,8H2. The van der Waals surface area contributed by atoms with Crippen LogP contribution in [-0.4, -0.2) is 27.9 Å². The van der Waals surface area contributed by atoms with Crippen molar-refractivity contribution in [3.05, 3.63) is 29.0 Å². The largest absolute Gasteiger partial charge is 0.366 e. The number of nitrogens with zero attached hydrogens (tertiary/aromatic N) is 3. The molecule has 3 nitrogen and oxygen atoms in total. The Labute approximate surface area is 136 Å². The molecule has 5 heteroatoms. The lowest BCUT2D eigenvalue weighted by Crippen LogP contribution is -2.35. The molecule has 2 heterocycles. The third kappa shape index (κ3) is 2.84. The molecule has 0 N–H and O–H groups in total. The highest BCUT2D eigenvalue weighted by atomic mass is 79.9. The molecule has 0 saturated heterocycles. The third-order valence-corrected chi connectivity index (χ3v) is 4.71. The molecule has 2 aromatic rings. The summed E-state index contributed by atoms with van der Waals surface area (Å²) < 4.78 is 0.975. The maximum absolute atomic E-state index is 4.59. The van der Waals surface area contributed by atoms with Crippen molar-refractivity contribution in [2.45, 2.75) is 31.7 Å². The molecular formula is C15H17Br2N3. The molecule has 0 spiro atoms. The zero-order chi connectivity index (χ0) is 13.9. The van der Waals surface area contributed by atoms with Gasteiger partial charge in [-0.15, -0.1) is 0 Å². The average molecular weight is 399 g/mol. The van der Waals surface area contributed by atoms with Crippen LogP contribution in [0.4, 0.5) is 5.69 Å². The van der Waals surface area contributed by atoms with Crippen molar-refractivity contribution in [1.82, 2.24) is 9.97 Å². The van der Waals surface area contributed by atoms with E-state index in [1.807, 2.05) is 18.5 Å². The zero-order valence-electron chi connectivity index (χ0n) is 11.2. The number of aromatic nitrogens is 2. The summed E-state index contributed by atoms with van der Waals surface area (Å²) in [5, 5.41) is 0.976. The van der Waals surface area contributed by atoms with Crippen molar-refractivity contribution in [2.75, 3.05) is 16.8 Å². The molecule has 3 rings (SSSR count). The summed E-state index contributed by atoms with van der Waals surface area (Å²) in [6.45, 7) is 1.02. The van der Waals surface area contributed by atoms with E-state index in [1.165, 1.54) is 31.4 Å². The monoisotopic (exact) mass is 397 g/mol. The molecule has 1 fully saturated rings. The summed E-state index contributed by atoms with van der Waals surface area (Å²) in [6, 6.07) is 4.78. The lowest BCUT2D eigenvalue weighted by atomic mass is 10.1. The SMILES string of the molecule is BrCCN(c1ccnc2cc(Br)cnc12)C1CCCC1. The molecular weight excluding hydrogens is 382 g/mol. The Morgan fingerprint density at radius 3 is 2.80 bits per heavy atom. The number of halogens is 2. The van der Waals surface area contributed by atoms with Crippen LogP contribution in [0.1, 0.15) is 25.7 Å². The first-order valence-corrected chi connectivity index (χ1v) is 8.94. The van der Waals surface area contributed by atoms with Crippen LogP contribution in [0.15, 0.2) is 29.0 Å². The molecule has 20 heavy (non-hydrogen) atoms. The summed E-state index contributed by atoms with van der Waals surface area (Å²) in [5.74, 6) is 0. The molecule has 0 atom stereocenters. The van der Waals surface area contributed by atoms with Gasteiger partial charge >= 0.3 is 0 Å². The van der Waals surface area contributed by atoms with Gasteiger partial charge < -0.3 is 4.90 Å². The van der Waals surface area contributed by atoms with Gasteiger partial charge in [-0.2, -0.15) is 0 Å². The highest BCUT2D eigenvalue weighted by Crippen LogP contribution is 2.32. The van der Waals surface area contributed by atoms with Crippen molar-refractivity contribution in [1.29, 1.82) is 0 Å². The van der Waals surface area contributed by atoms with Crippen molar-refractivity contribution in [3.8, 4) is 0 Å². The molecule has 0 amide bonds. The summed E-state index contributed by atoms with van der Waals surface area (Å²) in [4.78, 5) is 11.5. The molecule has 0 aliphatic heterocycles. The Balaban J connectivity index is 2.05. The second-order valence-corrected chi connectivity index (χ2v) is 6.88. The van der Waals surface area contributed by atoms with Gasteiger partial charge in [-0.05, 0) is 40.9 Å². The Bertz CT molecular complexity index is 597. The van der Waals surface area contributed by atoms with Crippen LogP contribution in [0.2, 0.25) is 0 Å². The van der Waals surface area contributed by atoms with E-state index in [0.29, 0.717) is 6.04 Å². The van der Waals surface area contributed by atoms with E-state index in [-0.39, 0.29) is 0 Å². The maximum atomic E-state index is 4.59. The highest BCUT2D eigenvalue weighted by Gasteiger charge is 2.24. The quantitative estimate of drug-likeness (QED) is 0.708. The molecule has 1 aliphatic carbocycles. The minimum atomic E-state index is 0.642. The van der Waals surface area contributed by atoms with Gasteiger partial charge in [0.15, 0.2) is 0 Å². The van der Waals surface area contributed by atoms with E-state index in [2.05, 4.69) is 52.8 Å². The van der Waals surface area contributed by atoms with Crippen molar-refractivity contribution in [3.63, 3.8) is 0 Å². The number of anilines is 1. The summed E-state index contributed by atoms with van der Waals surface area (Å²) in [7, 11) is 0. The number of hydrogen-bond acceptors (Lipinski definition) is 3. The minimum Gasteiger partial charge on any atom is -0.366 e. The van der Waals surface area contributed by atoms with Gasteiger partial charge in [0.25, 0.3) is 0 Å². The van der Waals surface area contributed by atoms with Gasteiger partial charge in [-0.1, -0.05) is 28.8 Å². The topological polar surface area (TPSA) is 29.0 Å². The average Bonchev–Trinajstić information content (AvgIpc) is 2.98. The van der Waals surface area contributed by atoms with E-state index in [9.17, 15) is 0 Å². The molecule has 0 radical (unpaired) electrons. The van der Waals surface area contributed by atoms with Crippen molar-refractivity contribution >= 4 is 48.6 Å². The molecule has 2 aromatic heterocycles. The molecule has 1 saturated carbocycles. The fourth-order valence-electron chi connectivity index (χ4n) is 3.03.